The van der Waals surface area contributed by atoms with Crippen LogP contribution in [-0.4, -0.2) is 17.9 Å². The monoisotopic (exact) mass is 226 g/mol. The van der Waals surface area contributed by atoms with Gasteiger partial charge in [-0.2, -0.15) is 0 Å². The Morgan fingerprint density at radius 2 is 2.33 bits per heavy atom. The van der Waals surface area contributed by atoms with E-state index < -0.39 is 13.0 Å². The van der Waals surface area contributed by atoms with E-state index in [4.69, 9.17) is 0 Å². The first kappa shape index (κ1) is 9.85. The van der Waals surface area contributed by atoms with Gasteiger partial charge in [-0.1, -0.05) is 23.5 Å². The van der Waals surface area contributed by atoms with Crippen molar-refractivity contribution in [1.29, 1.82) is 0 Å². The largest absolute Gasteiger partial charge is 0.417 e. The maximum atomic E-state index is 11.7. The number of halogens is 1. The number of carbonyl (C=O) groups is 1. The molecule has 0 aliphatic carbocycles. The number of hydrogen-bond donors (Lipinski definition) is 1. The van der Waals surface area contributed by atoms with Crippen LogP contribution in [-0.2, 0) is 4.74 Å². The number of aromatic nitrogens is 1. The van der Waals surface area contributed by atoms with Gasteiger partial charge in [0.25, 0.3) is 0 Å². The van der Waals surface area contributed by atoms with Gasteiger partial charge in [0.1, 0.15) is 0 Å². The molecule has 1 aromatic carbocycles. The van der Waals surface area contributed by atoms with Gasteiger partial charge in [0, 0.05) is 0 Å². The molecule has 2 rings (SSSR count). The Morgan fingerprint density at radius 1 is 1.53 bits per heavy atom. The van der Waals surface area contributed by atoms with Crippen molar-refractivity contribution in [2.45, 2.75) is 0 Å². The van der Waals surface area contributed by atoms with Gasteiger partial charge in [0.05, 0.1) is 10.2 Å². The van der Waals surface area contributed by atoms with Crippen LogP contribution in [0.2, 0.25) is 0 Å². The molecule has 0 aliphatic heterocycles. The molecule has 0 saturated carbocycles. The number of amides is 1. The van der Waals surface area contributed by atoms with Crippen LogP contribution in [0.1, 0.15) is 0 Å². The van der Waals surface area contributed by atoms with Gasteiger partial charge in [0.15, 0.2) is 5.13 Å². The van der Waals surface area contributed by atoms with Crippen molar-refractivity contribution in [3.05, 3.63) is 24.3 Å². The molecule has 15 heavy (non-hydrogen) atoms. The lowest BCUT2D eigenvalue weighted by molar-refractivity contribution is 0.111. The maximum absolute atomic E-state index is 11.7. The summed E-state index contributed by atoms with van der Waals surface area (Å²) in [7, 11) is 0. The molecule has 1 heterocycles. The van der Waals surface area contributed by atoms with Gasteiger partial charge < -0.3 is 4.74 Å². The van der Waals surface area contributed by atoms with Crippen molar-refractivity contribution in [3.63, 3.8) is 0 Å². The third-order valence-corrected chi connectivity index (χ3v) is 2.64. The average molecular weight is 226 g/mol. The predicted octanol–water partition coefficient (Wildman–Crippen LogP) is 2.77. The first-order valence-electron chi connectivity index (χ1n) is 4.15. The quantitative estimate of drug-likeness (QED) is 0.856. The zero-order valence-electron chi connectivity index (χ0n) is 7.57. The van der Waals surface area contributed by atoms with E-state index >= 15 is 0 Å². The fraction of sp³-hybridized carbons (Fsp3) is 0.111. The van der Waals surface area contributed by atoms with Crippen LogP contribution in [0.3, 0.4) is 0 Å². The number of hydrogen-bond acceptors (Lipinski definition) is 4. The van der Waals surface area contributed by atoms with E-state index in [0.717, 1.165) is 10.2 Å². The van der Waals surface area contributed by atoms with E-state index in [0.29, 0.717) is 5.13 Å². The standard InChI is InChI=1S/C9H7FN2O2S/c10-5-14-9(13)12-8-11-6-3-1-2-4-7(6)15-8/h1-4H,5H2,(H,11,12,13). The van der Waals surface area contributed by atoms with Crippen molar-refractivity contribution in [2.24, 2.45) is 0 Å². The second-order valence-corrected chi connectivity index (χ2v) is 3.68. The lowest BCUT2D eigenvalue weighted by atomic mass is 10.3. The summed E-state index contributed by atoms with van der Waals surface area (Å²) >= 11 is 1.31. The molecule has 2 aromatic rings. The summed E-state index contributed by atoms with van der Waals surface area (Å²) < 4.78 is 16.7. The highest BCUT2D eigenvalue weighted by atomic mass is 32.1. The lowest BCUT2D eigenvalue weighted by Crippen LogP contribution is -2.12. The van der Waals surface area contributed by atoms with E-state index in [-0.39, 0.29) is 0 Å². The molecule has 1 amide bonds. The summed E-state index contributed by atoms with van der Waals surface area (Å²) in [5.74, 6) is 0. The Bertz CT molecular complexity index is 453. The topological polar surface area (TPSA) is 51.2 Å². The highest BCUT2D eigenvalue weighted by Gasteiger charge is 2.07. The van der Waals surface area contributed by atoms with E-state index in [1.165, 1.54) is 11.3 Å². The van der Waals surface area contributed by atoms with Crippen LogP contribution in [0.25, 0.3) is 10.2 Å². The molecule has 78 valence electrons. The Morgan fingerprint density at radius 3 is 3.07 bits per heavy atom. The molecule has 4 nitrogen and oxygen atoms in total. The maximum Gasteiger partial charge on any atom is 0.415 e. The number of carbonyl (C=O) groups excluding carboxylic acids is 1. The van der Waals surface area contributed by atoms with E-state index in [1.54, 1.807) is 0 Å². The highest BCUT2D eigenvalue weighted by molar-refractivity contribution is 7.22. The molecule has 0 atom stereocenters. The summed E-state index contributed by atoms with van der Waals surface area (Å²) in [6.45, 7) is -1.14. The van der Waals surface area contributed by atoms with Crippen molar-refractivity contribution in [3.8, 4) is 0 Å². The van der Waals surface area contributed by atoms with Crippen LogP contribution >= 0.6 is 11.3 Å². The second kappa shape index (κ2) is 4.22. The number of benzene rings is 1. The Hall–Kier alpha value is -1.69. The van der Waals surface area contributed by atoms with Crippen molar-refractivity contribution >= 4 is 32.8 Å². The van der Waals surface area contributed by atoms with Crippen LogP contribution in [0.4, 0.5) is 14.3 Å². The molecule has 0 fully saturated rings. The first-order valence-corrected chi connectivity index (χ1v) is 4.96. The van der Waals surface area contributed by atoms with Crippen molar-refractivity contribution in [2.75, 3.05) is 12.2 Å². The van der Waals surface area contributed by atoms with Gasteiger partial charge in [0.2, 0.25) is 6.86 Å². The molecular formula is C9H7FN2O2S. The molecular weight excluding hydrogens is 219 g/mol. The minimum Gasteiger partial charge on any atom is -0.417 e. The molecule has 6 heteroatoms. The number of alkyl halides is 1. The van der Waals surface area contributed by atoms with Crippen molar-refractivity contribution in [1.82, 2.24) is 4.98 Å². The van der Waals surface area contributed by atoms with Gasteiger partial charge in [-0.25, -0.2) is 14.2 Å². The Balaban J connectivity index is 2.18. The van der Waals surface area contributed by atoms with Crippen LogP contribution < -0.4 is 5.32 Å². The number of thiazole rings is 1. The molecule has 0 aliphatic rings. The molecule has 1 N–H and O–H groups in total. The molecule has 0 saturated heterocycles. The van der Waals surface area contributed by atoms with Gasteiger partial charge in [-0.15, -0.1) is 0 Å². The number of para-hydroxylation sites is 1. The summed E-state index contributed by atoms with van der Waals surface area (Å²) in [5, 5.41) is 2.74. The molecule has 0 spiro atoms. The van der Waals surface area contributed by atoms with E-state index in [1.807, 2.05) is 24.3 Å². The highest BCUT2D eigenvalue weighted by Crippen LogP contribution is 2.25. The van der Waals surface area contributed by atoms with Crippen LogP contribution in [0.15, 0.2) is 24.3 Å². The molecule has 0 unspecified atom stereocenters. The van der Waals surface area contributed by atoms with Crippen LogP contribution in [0.5, 0.6) is 0 Å². The minimum absolute atomic E-state index is 0.398. The Labute approximate surface area is 88.7 Å². The SMILES string of the molecule is O=C(Nc1nc2ccccc2s1)OCF. The fourth-order valence-electron chi connectivity index (χ4n) is 1.10. The Kier molecular flexibility index (Phi) is 2.77. The van der Waals surface area contributed by atoms with E-state index in [2.05, 4.69) is 15.0 Å². The van der Waals surface area contributed by atoms with Crippen molar-refractivity contribution < 1.29 is 13.9 Å². The first-order chi connectivity index (χ1) is 7.29. The number of fused-ring (bicyclic) bond motifs is 1. The van der Waals surface area contributed by atoms with Gasteiger partial charge in [-0.3, -0.25) is 5.32 Å². The van der Waals surface area contributed by atoms with E-state index in [9.17, 15) is 9.18 Å². The second-order valence-electron chi connectivity index (χ2n) is 2.65. The zero-order valence-corrected chi connectivity index (χ0v) is 8.38. The molecule has 0 bridgehead atoms. The number of anilines is 1. The average Bonchev–Trinajstić information content (AvgIpc) is 2.59. The number of nitrogens with one attached hydrogen (secondary N) is 1. The molecule has 1 aromatic heterocycles. The lowest BCUT2D eigenvalue weighted by Gasteiger charge is -1.98. The summed E-state index contributed by atoms with van der Waals surface area (Å²) in [5.41, 5.74) is 0.790. The third kappa shape index (κ3) is 2.21. The summed E-state index contributed by atoms with van der Waals surface area (Å²) in [6, 6.07) is 7.45. The molecule has 0 radical (unpaired) electrons. The number of rotatable bonds is 2. The van der Waals surface area contributed by atoms with Crippen LogP contribution in [0, 0.1) is 0 Å². The van der Waals surface area contributed by atoms with Gasteiger partial charge >= 0.3 is 6.09 Å². The normalized spacial score (nSPS) is 10.2. The fourth-order valence-corrected chi connectivity index (χ4v) is 1.95. The van der Waals surface area contributed by atoms with Gasteiger partial charge in [-0.05, 0) is 12.1 Å². The minimum atomic E-state index is -1.14. The predicted molar refractivity (Wildman–Crippen MR) is 55.7 cm³/mol. The third-order valence-electron chi connectivity index (χ3n) is 1.69. The summed E-state index contributed by atoms with van der Waals surface area (Å²) in [6.07, 6.45) is -0.837. The zero-order chi connectivity index (χ0) is 10.7. The summed E-state index contributed by atoms with van der Waals surface area (Å²) in [4.78, 5) is 15.0. The number of nitrogens with zero attached hydrogens (tertiary/aromatic N) is 1. The number of ether oxygens (including phenoxy) is 1. The smallest absolute Gasteiger partial charge is 0.415 e.